The molecule has 1 amide bonds. The Labute approximate surface area is 129 Å². The minimum absolute atomic E-state index is 0.0500. The monoisotopic (exact) mass is 328 g/mol. The Bertz CT molecular complexity index is 629. The first-order chi connectivity index (χ1) is 10.4. The van der Waals surface area contributed by atoms with E-state index < -0.39 is 15.3 Å². The number of primary sulfonamides is 1. The topological polar surface area (TPSA) is 110 Å². The molecule has 2 unspecified atom stereocenters. The predicted octanol–water partition coefficient (Wildman–Crippen LogP) is 0.00810. The Kier molecular flexibility index (Phi) is 5.05. The van der Waals surface area contributed by atoms with Crippen molar-refractivity contribution in [2.45, 2.75) is 24.1 Å². The van der Waals surface area contributed by atoms with Gasteiger partial charge in [0, 0.05) is 19.6 Å². The summed E-state index contributed by atoms with van der Waals surface area (Å²) in [5.41, 5.74) is 0.818. The molecule has 1 aromatic carbocycles. The van der Waals surface area contributed by atoms with Crippen molar-refractivity contribution in [3.8, 4) is 5.75 Å². The van der Waals surface area contributed by atoms with Gasteiger partial charge in [-0.3, -0.25) is 4.79 Å². The third-order valence-corrected chi connectivity index (χ3v) is 5.11. The number of aliphatic hydroxyl groups is 1. The van der Waals surface area contributed by atoms with Gasteiger partial charge in [0.25, 0.3) is 0 Å². The number of aliphatic hydroxyl groups excluding tert-OH is 1. The fourth-order valence-electron chi connectivity index (χ4n) is 2.67. The average Bonchev–Trinajstić information content (AvgIpc) is 2.87. The number of nitrogens with zero attached hydrogens (tertiary/aromatic N) is 1. The normalized spacial score (nSPS) is 20.2. The molecular formula is C14H20N2O5S. The van der Waals surface area contributed by atoms with Crippen LogP contribution in [0.2, 0.25) is 0 Å². The number of sulfonamides is 1. The number of carbonyl (C=O) groups excluding carboxylic acids is 1. The van der Waals surface area contributed by atoms with Crippen LogP contribution in [0.1, 0.15) is 24.4 Å². The molecule has 1 aromatic rings. The smallest absolute Gasteiger partial charge is 0.224 e. The van der Waals surface area contributed by atoms with Gasteiger partial charge < -0.3 is 14.7 Å². The molecule has 0 aromatic heterocycles. The maximum absolute atomic E-state index is 12.1. The molecule has 1 aliphatic heterocycles. The van der Waals surface area contributed by atoms with Crippen LogP contribution in [-0.4, -0.2) is 49.8 Å². The van der Waals surface area contributed by atoms with Crippen molar-refractivity contribution in [1.29, 1.82) is 0 Å². The van der Waals surface area contributed by atoms with Crippen LogP contribution in [0.4, 0.5) is 0 Å². The van der Waals surface area contributed by atoms with Crippen molar-refractivity contribution in [2.24, 2.45) is 5.14 Å². The van der Waals surface area contributed by atoms with Crippen LogP contribution in [0, 0.1) is 0 Å². The first-order valence-corrected chi connectivity index (χ1v) is 8.53. The largest absolute Gasteiger partial charge is 0.497 e. The Morgan fingerprint density at radius 3 is 2.50 bits per heavy atom. The number of hydrogen-bond donors (Lipinski definition) is 2. The van der Waals surface area contributed by atoms with Crippen LogP contribution in [0.25, 0.3) is 0 Å². The van der Waals surface area contributed by atoms with Gasteiger partial charge in [0.1, 0.15) is 11.0 Å². The van der Waals surface area contributed by atoms with E-state index in [1.165, 1.54) is 4.90 Å². The molecular weight excluding hydrogens is 308 g/mol. The zero-order valence-corrected chi connectivity index (χ0v) is 13.1. The van der Waals surface area contributed by atoms with Crippen LogP contribution >= 0.6 is 0 Å². The maximum atomic E-state index is 12.1. The molecule has 1 aliphatic rings. The minimum Gasteiger partial charge on any atom is -0.497 e. The number of amides is 1. The van der Waals surface area contributed by atoms with E-state index in [0.29, 0.717) is 12.2 Å². The van der Waals surface area contributed by atoms with Gasteiger partial charge in [-0.15, -0.1) is 0 Å². The lowest BCUT2D eigenvalue weighted by atomic mass is 10.0. The Hall–Kier alpha value is -1.64. The third kappa shape index (κ3) is 3.57. The first kappa shape index (κ1) is 16.7. The fourth-order valence-corrected chi connectivity index (χ4v) is 3.41. The van der Waals surface area contributed by atoms with E-state index in [1.54, 1.807) is 31.4 Å². The lowest BCUT2D eigenvalue weighted by Crippen LogP contribution is -2.34. The molecule has 1 fully saturated rings. The highest BCUT2D eigenvalue weighted by atomic mass is 32.2. The third-order valence-electron chi connectivity index (χ3n) is 3.87. The lowest BCUT2D eigenvalue weighted by Gasteiger charge is -2.28. The molecule has 1 heterocycles. The fraction of sp³-hybridized carbons (Fsp3) is 0.500. The van der Waals surface area contributed by atoms with E-state index >= 15 is 0 Å². The van der Waals surface area contributed by atoms with Crippen LogP contribution in [-0.2, 0) is 14.8 Å². The van der Waals surface area contributed by atoms with E-state index in [2.05, 4.69) is 0 Å². The molecule has 2 rings (SSSR count). The molecule has 0 spiro atoms. The standard InChI is InChI=1S/C14H20N2O5S/c1-21-11-4-2-10(3-5-11)13(6-7-17)16-9-12(8-14(16)18)22(15,19)20/h2-5,12-13,17H,6-9H2,1H3,(H2,15,19,20). The van der Waals surface area contributed by atoms with Gasteiger partial charge in [-0.25, -0.2) is 13.6 Å². The summed E-state index contributed by atoms with van der Waals surface area (Å²) in [6.07, 6.45) is 0.215. The molecule has 1 saturated heterocycles. The second-order valence-electron chi connectivity index (χ2n) is 5.26. The van der Waals surface area contributed by atoms with Crippen molar-refractivity contribution in [2.75, 3.05) is 20.3 Å². The Morgan fingerprint density at radius 1 is 1.41 bits per heavy atom. The minimum atomic E-state index is -3.75. The summed E-state index contributed by atoms with van der Waals surface area (Å²) >= 11 is 0. The average molecular weight is 328 g/mol. The number of likely N-dealkylation sites (tertiary alicyclic amines) is 1. The second-order valence-corrected chi connectivity index (χ2v) is 7.11. The summed E-state index contributed by atoms with van der Waals surface area (Å²) in [5, 5.41) is 13.5. The zero-order chi connectivity index (χ0) is 16.3. The van der Waals surface area contributed by atoms with Gasteiger partial charge in [-0.2, -0.15) is 0 Å². The van der Waals surface area contributed by atoms with Crippen LogP contribution in [0.15, 0.2) is 24.3 Å². The van der Waals surface area contributed by atoms with E-state index in [1.807, 2.05) is 0 Å². The Morgan fingerprint density at radius 2 is 2.05 bits per heavy atom. The molecule has 7 nitrogen and oxygen atoms in total. The van der Waals surface area contributed by atoms with Crippen molar-refractivity contribution >= 4 is 15.9 Å². The van der Waals surface area contributed by atoms with Crippen molar-refractivity contribution in [3.63, 3.8) is 0 Å². The highest BCUT2D eigenvalue weighted by molar-refractivity contribution is 7.89. The van der Waals surface area contributed by atoms with E-state index in [4.69, 9.17) is 9.88 Å². The van der Waals surface area contributed by atoms with E-state index in [-0.39, 0.29) is 31.5 Å². The molecule has 0 radical (unpaired) electrons. The number of hydrogen-bond acceptors (Lipinski definition) is 5. The molecule has 0 bridgehead atoms. The summed E-state index contributed by atoms with van der Waals surface area (Å²) in [7, 11) is -2.20. The van der Waals surface area contributed by atoms with Crippen LogP contribution in [0.3, 0.4) is 0 Å². The van der Waals surface area contributed by atoms with Gasteiger partial charge in [0.15, 0.2) is 0 Å². The number of nitrogens with two attached hydrogens (primary N) is 1. The number of carbonyl (C=O) groups is 1. The SMILES string of the molecule is COc1ccc(C(CCO)N2CC(S(N)(=O)=O)CC2=O)cc1. The second kappa shape index (κ2) is 6.64. The van der Waals surface area contributed by atoms with Gasteiger partial charge in [0.2, 0.25) is 15.9 Å². The van der Waals surface area contributed by atoms with Crippen LogP contribution in [0.5, 0.6) is 5.75 Å². The summed E-state index contributed by atoms with van der Waals surface area (Å²) in [6, 6.07) is 6.75. The van der Waals surface area contributed by atoms with E-state index in [9.17, 15) is 18.3 Å². The summed E-state index contributed by atoms with van der Waals surface area (Å²) in [6.45, 7) is -0.0606. The molecule has 8 heteroatoms. The quantitative estimate of drug-likeness (QED) is 0.764. The molecule has 122 valence electrons. The van der Waals surface area contributed by atoms with Crippen molar-refractivity contribution in [3.05, 3.63) is 29.8 Å². The van der Waals surface area contributed by atoms with Gasteiger partial charge in [0.05, 0.1) is 13.2 Å². The summed E-state index contributed by atoms with van der Waals surface area (Å²) in [5.74, 6) is 0.412. The molecule has 3 N–H and O–H groups in total. The molecule has 0 aliphatic carbocycles. The Balaban J connectivity index is 2.25. The van der Waals surface area contributed by atoms with Crippen molar-refractivity contribution in [1.82, 2.24) is 4.90 Å². The summed E-state index contributed by atoms with van der Waals surface area (Å²) in [4.78, 5) is 13.6. The predicted molar refractivity (Wildman–Crippen MR) is 80.7 cm³/mol. The van der Waals surface area contributed by atoms with Crippen molar-refractivity contribution < 1.29 is 23.1 Å². The van der Waals surface area contributed by atoms with Crippen LogP contribution < -0.4 is 9.88 Å². The number of ether oxygens (including phenoxy) is 1. The summed E-state index contributed by atoms with van der Waals surface area (Å²) < 4.78 is 28.0. The molecule has 2 atom stereocenters. The highest BCUT2D eigenvalue weighted by Crippen LogP contribution is 2.31. The molecule has 0 saturated carbocycles. The van der Waals surface area contributed by atoms with Gasteiger partial charge >= 0.3 is 0 Å². The van der Waals surface area contributed by atoms with Gasteiger partial charge in [-0.1, -0.05) is 12.1 Å². The number of benzene rings is 1. The molecule has 22 heavy (non-hydrogen) atoms. The lowest BCUT2D eigenvalue weighted by molar-refractivity contribution is -0.130. The maximum Gasteiger partial charge on any atom is 0.224 e. The zero-order valence-electron chi connectivity index (χ0n) is 12.3. The highest BCUT2D eigenvalue weighted by Gasteiger charge is 2.39. The van der Waals surface area contributed by atoms with E-state index in [0.717, 1.165) is 5.56 Å². The number of rotatable bonds is 6. The first-order valence-electron chi connectivity index (χ1n) is 6.92. The number of methoxy groups -OCH3 is 1. The van der Waals surface area contributed by atoms with Gasteiger partial charge in [-0.05, 0) is 24.1 Å².